The monoisotopic (exact) mass is 322 g/mol. The lowest BCUT2D eigenvalue weighted by molar-refractivity contribution is 0.0930. The number of rotatable bonds is 1. The molecule has 2 aliphatic rings. The number of nitrogens with zero attached hydrogens (tertiary/aromatic N) is 1. The molecule has 24 heavy (non-hydrogen) atoms. The van der Waals surface area contributed by atoms with Gasteiger partial charge >= 0.3 is 0 Å². The molecule has 124 valence electrons. The van der Waals surface area contributed by atoms with E-state index in [1.807, 2.05) is 41.3 Å². The Bertz CT molecular complexity index is 761. The van der Waals surface area contributed by atoms with Crippen LogP contribution in [0.4, 0.5) is 11.4 Å². The number of para-hydroxylation sites is 1. The minimum Gasteiger partial charge on any atom is -0.508 e. The van der Waals surface area contributed by atoms with Gasteiger partial charge in [0.2, 0.25) is 0 Å². The summed E-state index contributed by atoms with van der Waals surface area (Å²) in [6, 6.07) is 14.6. The van der Waals surface area contributed by atoms with Crippen LogP contribution in [-0.2, 0) is 0 Å². The molecule has 2 aromatic carbocycles. The van der Waals surface area contributed by atoms with Crippen LogP contribution in [0.15, 0.2) is 48.5 Å². The molecule has 0 unspecified atom stereocenters. The van der Waals surface area contributed by atoms with Crippen molar-refractivity contribution in [2.75, 3.05) is 10.2 Å². The van der Waals surface area contributed by atoms with E-state index in [4.69, 9.17) is 0 Å². The molecule has 4 nitrogen and oxygen atoms in total. The van der Waals surface area contributed by atoms with Crippen molar-refractivity contribution in [3.63, 3.8) is 0 Å². The summed E-state index contributed by atoms with van der Waals surface area (Å²) in [5, 5.41) is 13.3. The number of anilines is 2. The molecule has 1 aliphatic heterocycles. The van der Waals surface area contributed by atoms with Gasteiger partial charge in [0.1, 0.15) is 11.4 Å². The minimum atomic E-state index is -0.380. The summed E-state index contributed by atoms with van der Waals surface area (Å²) in [5.74, 6) is 0.929. The molecule has 4 heteroatoms. The van der Waals surface area contributed by atoms with Crippen molar-refractivity contribution in [3.05, 3.63) is 54.1 Å². The lowest BCUT2D eigenvalue weighted by atomic mass is 9.79. The van der Waals surface area contributed by atoms with E-state index >= 15 is 0 Å². The van der Waals surface area contributed by atoms with E-state index < -0.39 is 0 Å². The summed E-state index contributed by atoms with van der Waals surface area (Å²) in [4.78, 5) is 15.2. The Balaban J connectivity index is 1.83. The van der Waals surface area contributed by atoms with E-state index in [-0.39, 0.29) is 17.3 Å². The van der Waals surface area contributed by atoms with Gasteiger partial charge in [-0.1, -0.05) is 19.1 Å². The van der Waals surface area contributed by atoms with Crippen LogP contribution in [0.2, 0.25) is 0 Å². The summed E-state index contributed by atoms with van der Waals surface area (Å²) in [6.07, 6.45) is 4.04. The Morgan fingerprint density at radius 3 is 2.46 bits per heavy atom. The average Bonchev–Trinajstić information content (AvgIpc) is 2.59. The van der Waals surface area contributed by atoms with Crippen molar-refractivity contribution in [3.8, 4) is 5.75 Å². The highest BCUT2D eigenvalue weighted by Gasteiger charge is 2.46. The summed E-state index contributed by atoms with van der Waals surface area (Å²) >= 11 is 0. The largest absolute Gasteiger partial charge is 0.508 e. The summed E-state index contributed by atoms with van der Waals surface area (Å²) in [7, 11) is 0. The second-order valence-electron chi connectivity index (χ2n) is 7.04. The smallest absolute Gasteiger partial charge is 0.262 e. The maximum Gasteiger partial charge on any atom is 0.262 e. The fourth-order valence-electron chi connectivity index (χ4n) is 3.95. The normalized spacial score (nSPS) is 26.1. The second-order valence-corrected chi connectivity index (χ2v) is 7.04. The molecule has 1 amide bonds. The highest BCUT2D eigenvalue weighted by Crippen LogP contribution is 2.44. The SMILES string of the molecule is CC1CCC2(CC1)Nc1ccccc1C(=O)N2c1ccc(O)cc1. The standard InChI is InChI=1S/C20H22N2O2/c1-14-10-12-20(13-11-14)21-18-5-3-2-4-17(18)19(24)22(20)15-6-8-16(23)9-7-15/h2-9,14,21,23H,10-13H2,1H3. The number of carbonyl (C=O) groups excluding carboxylic acids is 1. The third kappa shape index (κ3) is 2.33. The molecule has 4 rings (SSSR count). The van der Waals surface area contributed by atoms with E-state index in [0.29, 0.717) is 11.5 Å². The Morgan fingerprint density at radius 2 is 1.75 bits per heavy atom. The molecule has 0 bridgehead atoms. The third-order valence-electron chi connectivity index (χ3n) is 5.37. The molecule has 1 aliphatic carbocycles. The topological polar surface area (TPSA) is 52.6 Å². The van der Waals surface area contributed by atoms with Gasteiger partial charge in [0.05, 0.1) is 5.56 Å². The van der Waals surface area contributed by atoms with Crippen LogP contribution < -0.4 is 10.2 Å². The fourth-order valence-corrected chi connectivity index (χ4v) is 3.95. The van der Waals surface area contributed by atoms with Gasteiger partial charge in [-0.25, -0.2) is 0 Å². The highest BCUT2D eigenvalue weighted by molar-refractivity contribution is 6.12. The Labute approximate surface area is 142 Å². The lowest BCUT2D eigenvalue weighted by Gasteiger charge is -2.51. The van der Waals surface area contributed by atoms with Crippen molar-refractivity contribution in [2.24, 2.45) is 5.92 Å². The fraction of sp³-hybridized carbons (Fsp3) is 0.350. The first kappa shape index (κ1) is 15.1. The minimum absolute atomic E-state index is 0.0320. The molecule has 0 atom stereocenters. The van der Waals surface area contributed by atoms with Gasteiger partial charge in [-0.05, 0) is 68.0 Å². The molecule has 1 fully saturated rings. The van der Waals surface area contributed by atoms with Gasteiger partial charge in [0, 0.05) is 11.4 Å². The molecule has 1 spiro atoms. The van der Waals surface area contributed by atoms with Gasteiger partial charge in [-0.15, -0.1) is 0 Å². The molecule has 2 N–H and O–H groups in total. The molecule has 0 saturated heterocycles. The van der Waals surface area contributed by atoms with E-state index in [2.05, 4.69) is 12.2 Å². The molecule has 1 saturated carbocycles. The number of amides is 1. The Hall–Kier alpha value is -2.49. The number of nitrogens with one attached hydrogen (secondary N) is 1. The first-order valence-corrected chi connectivity index (χ1v) is 8.60. The number of hydrogen-bond acceptors (Lipinski definition) is 3. The van der Waals surface area contributed by atoms with Crippen LogP contribution in [-0.4, -0.2) is 16.7 Å². The first-order valence-electron chi connectivity index (χ1n) is 8.60. The number of fused-ring (bicyclic) bond motifs is 1. The molecule has 0 aromatic heterocycles. The van der Waals surface area contributed by atoms with E-state index in [0.717, 1.165) is 37.1 Å². The van der Waals surface area contributed by atoms with Crippen LogP contribution >= 0.6 is 0 Å². The van der Waals surface area contributed by atoms with Crippen molar-refractivity contribution in [2.45, 2.75) is 38.3 Å². The maximum absolute atomic E-state index is 13.3. The zero-order chi connectivity index (χ0) is 16.7. The molecule has 1 heterocycles. The Morgan fingerprint density at radius 1 is 1.08 bits per heavy atom. The Kier molecular flexibility index (Phi) is 3.48. The molecular formula is C20H22N2O2. The quantitative estimate of drug-likeness (QED) is 0.819. The number of hydrogen-bond donors (Lipinski definition) is 2. The second kappa shape index (κ2) is 5.55. The van der Waals surface area contributed by atoms with Crippen LogP contribution in [0.3, 0.4) is 0 Å². The van der Waals surface area contributed by atoms with Crippen LogP contribution in [0, 0.1) is 5.92 Å². The number of aromatic hydroxyl groups is 1. The number of benzene rings is 2. The van der Waals surface area contributed by atoms with Crippen molar-refractivity contribution >= 4 is 17.3 Å². The number of carbonyl (C=O) groups is 1. The summed E-state index contributed by atoms with van der Waals surface area (Å²) in [6.45, 7) is 2.27. The predicted molar refractivity (Wildman–Crippen MR) is 95.3 cm³/mol. The number of phenolic OH excluding ortho intramolecular Hbond substituents is 1. The molecule has 0 radical (unpaired) electrons. The van der Waals surface area contributed by atoms with Gasteiger partial charge in [-0.3, -0.25) is 9.69 Å². The van der Waals surface area contributed by atoms with Crippen LogP contribution in [0.5, 0.6) is 5.75 Å². The van der Waals surface area contributed by atoms with E-state index in [9.17, 15) is 9.90 Å². The van der Waals surface area contributed by atoms with E-state index in [1.54, 1.807) is 12.1 Å². The van der Waals surface area contributed by atoms with Crippen LogP contribution in [0.25, 0.3) is 0 Å². The third-order valence-corrected chi connectivity index (χ3v) is 5.37. The molecule has 2 aromatic rings. The van der Waals surface area contributed by atoms with Crippen molar-refractivity contribution in [1.29, 1.82) is 0 Å². The maximum atomic E-state index is 13.3. The van der Waals surface area contributed by atoms with Crippen molar-refractivity contribution < 1.29 is 9.90 Å². The first-order chi connectivity index (χ1) is 11.6. The van der Waals surface area contributed by atoms with Gasteiger partial charge in [0.15, 0.2) is 0 Å². The van der Waals surface area contributed by atoms with Crippen LogP contribution in [0.1, 0.15) is 43.0 Å². The van der Waals surface area contributed by atoms with Gasteiger partial charge in [-0.2, -0.15) is 0 Å². The summed E-state index contributed by atoms with van der Waals surface area (Å²) < 4.78 is 0. The van der Waals surface area contributed by atoms with Gasteiger partial charge < -0.3 is 10.4 Å². The highest BCUT2D eigenvalue weighted by atomic mass is 16.3. The average molecular weight is 322 g/mol. The lowest BCUT2D eigenvalue weighted by Crippen LogP contribution is -2.61. The predicted octanol–water partition coefficient (Wildman–Crippen LogP) is 4.37. The zero-order valence-electron chi connectivity index (χ0n) is 13.8. The number of phenols is 1. The van der Waals surface area contributed by atoms with Crippen molar-refractivity contribution in [1.82, 2.24) is 0 Å². The molecular weight excluding hydrogens is 300 g/mol. The summed E-state index contributed by atoms with van der Waals surface area (Å²) in [5.41, 5.74) is 2.07. The van der Waals surface area contributed by atoms with E-state index in [1.165, 1.54) is 0 Å². The van der Waals surface area contributed by atoms with Gasteiger partial charge in [0.25, 0.3) is 5.91 Å². The zero-order valence-corrected chi connectivity index (χ0v) is 13.8.